The van der Waals surface area contributed by atoms with Gasteiger partial charge >= 0.3 is 0 Å². The number of nitrogens with zero attached hydrogens (tertiary/aromatic N) is 2. The van der Waals surface area contributed by atoms with Crippen molar-refractivity contribution >= 4 is 32.9 Å². The van der Waals surface area contributed by atoms with Crippen molar-refractivity contribution in [2.24, 2.45) is 5.41 Å². The maximum atomic E-state index is 15.3. The second-order valence-electron chi connectivity index (χ2n) is 10.3. The highest BCUT2D eigenvalue weighted by molar-refractivity contribution is 7.91. The molecule has 2 aliphatic heterocycles. The van der Waals surface area contributed by atoms with Crippen LogP contribution < -0.4 is 9.64 Å². The number of aromatic nitrogens is 1. The molecule has 0 bridgehead atoms. The molecule has 0 N–H and O–H groups in total. The summed E-state index contributed by atoms with van der Waals surface area (Å²) in [5.74, 6) is -3.15. The van der Waals surface area contributed by atoms with Crippen molar-refractivity contribution in [3.8, 4) is 5.88 Å². The minimum Gasteiger partial charge on any atom is -0.444 e. The van der Waals surface area contributed by atoms with Gasteiger partial charge in [-0.05, 0) is 49.8 Å². The molecule has 3 heterocycles. The van der Waals surface area contributed by atoms with Crippen LogP contribution in [0.4, 0.5) is 24.5 Å². The van der Waals surface area contributed by atoms with Crippen LogP contribution in [0, 0.1) is 17.0 Å². The summed E-state index contributed by atoms with van der Waals surface area (Å²) in [5, 5.41) is 0. The van der Waals surface area contributed by atoms with E-state index < -0.39 is 50.3 Å². The molecule has 0 aliphatic carbocycles. The first kappa shape index (κ1) is 26.1. The number of anilines is 2. The first-order chi connectivity index (χ1) is 16.6. The van der Waals surface area contributed by atoms with Crippen molar-refractivity contribution in [3.63, 3.8) is 0 Å². The van der Waals surface area contributed by atoms with Gasteiger partial charge in [-0.3, -0.25) is 14.5 Å². The Hall–Kier alpha value is -2.95. The van der Waals surface area contributed by atoms with E-state index in [0.717, 1.165) is 30.2 Å². The number of hydrogen-bond donors (Lipinski definition) is 0. The molecule has 0 radical (unpaired) electrons. The molecule has 194 valence electrons. The first-order valence-corrected chi connectivity index (χ1v) is 13.3. The van der Waals surface area contributed by atoms with Crippen LogP contribution in [0.1, 0.15) is 62.9 Å². The van der Waals surface area contributed by atoms with E-state index in [9.17, 15) is 26.8 Å². The molecule has 1 fully saturated rings. The van der Waals surface area contributed by atoms with Crippen molar-refractivity contribution in [1.82, 2.24) is 4.98 Å². The van der Waals surface area contributed by atoms with Gasteiger partial charge in [-0.25, -0.2) is 26.6 Å². The Morgan fingerprint density at radius 2 is 1.75 bits per heavy atom. The number of ether oxygens (including phenoxy) is 1. The van der Waals surface area contributed by atoms with Gasteiger partial charge in [-0.15, -0.1) is 0 Å². The largest absolute Gasteiger partial charge is 0.444 e. The van der Waals surface area contributed by atoms with E-state index in [-0.39, 0.29) is 40.7 Å². The summed E-state index contributed by atoms with van der Waals surface area (Å²) in [5.41, 5.74) is -1.94. The lowest BCUT2D eigenvalue weighted by Gasteiger charge is -2.32. The highest BCUT2D eigenvalue weighted by Crippen LogP contribution is 2.48. The number of halogens is 3. The zero-order valence-corrected chi connectivity index (χ0v) is 21.2. The van der Waals surface area contributed by atoms with Crippen LogP contribution in [0.5, 0.6) is 5.88 Å². The molecule has 0 saturated carbocycles. The molecule has 1 aromatic heterocycles. The number of hydrogen-bond acceptors (Lipinski definition) is 6. The Balaban J connectivity index is 1.72. The van der Waals surface area contributed by atoms with Crippen LogP contribution >= 0.6 is 0 Å². The van der Waals surface area contributed by atoms with E-state index in [2.05, 4.69) is 4.98 Å². The molecular weight excluding hydrogens is 497 g/mol. The third kappa shape index (κ3) is 4.72. The van der Waals surface area contributed by atoms with Gasteiger partial charge in [0.1, 0.15) is 15.7 Å². The number of ketones is 1. The van der Waals surface area contributed by atoms with E-state index in [1.807, 2.05) is 6.92 Å². The number of sulfone groups is 1. The number of rotatable bonds is 6. The number of pyridine rings is 1. The minimum absolute atomic E-state index is 0.0235. The highest BCUT2D eigenvalue weighted by atomic mass is 32.2. The van der Waals surface area contributed by atoms with Gasteiger partial charge in [0.25, 0.3) is 0 Å². The molecule has 2 aromatic rings. The third-order valence-corrected chi connectivity index (χ3v) is 8.64. The maximum absolute atomic E-state index is 15.3. The Morgan fingerprint density at radius 1 is 1.11 bits per heavy atom. The van der Waals surface area contributed by atoms with Crippen molar-refractivity contribution in [3.05, 3.63) is 47.2 Å². The molecule has 1 amide bonds. The predicted octanol–water partition coefficient (Wildman–Crippen LogP) is 4.80. The fourth-order valence-electron chi connectivity index (χ4n) is 4.71. The summed E-state index contributed by atoms with van der Waals surface area (Å²) in [6.45, 7) is 6.08. The fraction of sp³-hybridized carbons (Fsp3) is 0.480. The first-order valence-electron chi connectivity index (χ1n) is 11.5. The van der Waals surface area contributed by atoms with Crippen LogP contribution in [0.3, 0.4) is 0 Å². The standard InChI is InChI=1S/C25H27F3N2O5S/c1-14(26)35-22-11-20(18(28)13-29-22)30-19-10-17(27)15(9-16(19)24(2,3)23(30)32)21(31)12-25(4)5-7-36(33,34)8-6-25/h9-11,13-14H,5-8,12H2,1-4H3. The number of benzene rings is 1. The lowest BCUT2D eigenvalue weighted by Crippen LogP contribution is -2.33. The molecular formula is C25H27F3N2O5S. The van der Waals surface area contributed by atoms with Gasteiger partial charge < -0.3 is 4.74 Å². The van der Waals surface area contributed by atoms with Crippen LogP contribution in [0.25, 0.3) is 0 Å². The molecule has 36 heavy (non-hydrogen) atoms. The van der Waals surface area contributed by atoms with E-state index >= 15 is 4.39 Å². The Kier molecular flexibility index (Phi) is 6.43. The number of carbonyl (C=O) groups excluding carboxylic acids is 2. The molecule has 2 aliphatic rings. The Labute approximate surface area is 207 Å². The lowest BCUT2D eigenvalue weighted by molar-refractivity contribution is -0.121. The summed E-state index contributed by atoms with van der Waals surface area (Å²) in [4.78, 5) is 31.1. The van der Waals surface area contributed by atoms with Gasteiger partial charge in [0.2, 0.25) is 18.1 Å². The monoisotopic (exact) mass is 524 g/mol. The van der Waals surface area contributed by atoms with Gasteiger partial charge in [-0.1, -0.05) is 6.92 Å². The lowest BCUT2D eigenvalue weighted by atomic mass is 9.78. The van der Waals surface area contributed by atoms with Crippen LogP contribution in [-0.4, -0.2) is 43.0 Å². The smallest absolute Gasteiger partial charge is 0.241 e. The fourth-order valence-corrected chi connectivity index (χ4v) is 6.52. The zero-order chi connectivity index (χ0) is 26.6. The average molecular weight is 525 g/mol. The van der Waals surface area contributed by atoms with Crippen LogP contribution in [0.15, 0.2) is 24.4 Å². The van der Waals surface area contributed by atoms with Crippen molar-refractivity contribution in [2.45, 2.75) is 58.7 Å². The molecule has 1 atom stereocenters. The quantitative estimate of drug-likeness (QED) is 0.504. The molecule has 4 rings (SSSR count). The number of alkyl halides is 1. The summed E-state index contributed by atoms with van der Waals surface area (Å²) in [6, 6.07) is 3.39. The van der Waals surface area contributed by atoms with Crippen LogP contribution in [-0.2, 0) is 20.0 Å². The van der Waals surface area contributed by atoms with E-state index in [0.29, 0.717) is 18.4 Å². The summed E-state index contributed by atoms with van der Waals surface area (Å²) < 4.78 is 71.8. The van der Waals surface area contributed by atoms with Crippen molar-refractivity contribution < 1.29 is 35.9 Å². The van der Waals surface area contributed by atoms with E-state index in [1.54, 1.807) is 13.8 Å². The Bertz CT molecular complexity index is 1340. The molecule has 1 aromatic carbocycles. The molecule has 1 unspecified atom stereocenters. The maximum Gasteiger partial charge on any atom is 0.241 e. The highest BCUT2D eigenvalue weighted by Gasteiger charge is 2.47. The predicted molar refractivity (Wildman–Crippen MR) is 127 cm³/mol. The van der Waals surface area contributed by atoms with Gasteiger partial charge in [0, 0.05) is 19.4 Å². The number of carbonyl (C=O) groups is 2. The third-order valence-electron chi connectivity index (χ3n) is 6.99. The molecule has 0 spiro atoms. The van der Waals surface area contributed by atoms with E-state index in [4.69, 9.17) is 4.74 Å². The zero-order valence-electron chi connectivity index (χ0n) is 20.4. The Morgan fingerprint density at radius 3 is 2.36 bits per heavy atom. The van der Waals surface area contributed by atoms with Gasteiger partial charge in [0.15, 0.2) is 11.6 Å². The summed E-state index contributed by atoms with van der Waals surface area (Å²) in [6.07, 6.45) is -0.392. The molecule has 7 nitrogen and oxygen atoms in total. The SMILES string of the molecule is CC(F)Oc1cc(N2C(=O)C(C)(C)c3cc(C(=O)CC4(C)CCS(=O)(=O)CC4)c(F)cc32)c(F)cn1. The molecule has 1 saturated heterocycles. The van der Waals surface area contributed by atoms with Gasteiger partial charge in [-0.2, -0.15) is 0 Å². The number of Topliss-reactive ketones (excluding diaryl/α,β-unsaturated/α-hetero) is 1. The second-order valence-corrected chi connectivity index (χ2v) is 12.6. The topological polar surface area (TPSA) is 93.6 Å². The van der Waals surface area contributed by atoms with Gasteiger partial charge in [0.05, 0.1) is 40.1 Å². The van der Waals surface area contributed by atoms with Crippen molar-refractivity contribution in [1.29, 1.82) is 0 Å². The summed E-state index contributed by atoms with van der Waals surface area (Å²) >= 11 is 0. The molecule has 11 heteroatoms. The second kappa shape index (κ2) is 8.86. The number of fused-ring (bicyclic) bond motifs is 1. The van der Waals surface area contributed by atoms with Crippen molar-refractivity contribution in [2.75, 3.05) is 16.4 Å². The van der Waals surface area contributed by atoms with Crippen LogP contribution in [0.2, 0.25) is 0 Å². The minimum atomic E-state index is -3.13. The number of amides is 1. The average Bonchev–Trinajstić information content (AvgIpc) is 2.96. The summed E-state index contributed by atoms with van der Waals surface area (Å²) in [7, 11) is -3.13. The normalized spacial score (nSPS) is 20.6. The van der Waals surface area contributed by atoms with E-state index in [1.165, 1.54) is 6.07 Å².